The molecule has 0 saturated heterocycles. The molecule has 3 rings (SSSR count). The number of amides is 2. The highest BCUT2D eigenvalue weighted by Gasteiger charge is 2.38. The quantitative estimate of drug-likeness (QED) is 0.691. The lowest BCUT2D eigenvalue weighted by Gasteiger charge is -2.18. The Kier molecular flexibility index (Phi) is 5.52. The van der Waals surface area contributed by atoms with E-state index in [1.54, 1.807) is 13.8 Å². The van der Waals surface area contributed by atoms with Crippen LogP contribution in [0.1, 0.15) is 65.5 Å². The normalized spacial score (nSPS) is 17.0. The highest BCUT2D eigenvalue weighted by atomic mass is 32.1. The van der Waals surface area contributed by atoms with Gasteiger partial charge in [-0.05, 0) is 45.1 Å². The van der Waals surface area contributed by atoms with Crippen LogP contribution in [-0.2, 0) is 18.2 Å². The van der Waals surface area contributed by atoms with Gasteiger partial charge in [0.05, 0.1) is 16.8 Å². The summed E-state index contributed by atoms with van der Waals surface area (Å²) in [6, 6.07) is -0.785. The monoisotopic (exact) mass is 426 g/mol. The third kappa shape index (κ3) is 4.48. The minimum Gasteiger partial charge on any atom is -0.383 e. The van der Waals surface area contributed by atoms with Crippen molar-refractivity contribution in [1.29, 1.82) is 0 Å². The largest absolute Gasteiger partial charge is 0.433 e. The van der Waals surface area contributed by atoms with Crippen LogP contribution in [0.5, 0.6) is 0 Å². The molecule has 0 spiro atoms. The molecule has 2 N–H and O–H groups in total. The first-order valence-electron chi connectivity index (χ1n) is 9.02. The molecular weight excluding hydrogens is 405 g/mol. The number of aromatic nitrogens is 2. The highest BCUT2D eigenvalue weighted by Crippen LogP contribution is 2.42. The van der Waals surface area contributed by atoms with Crippen molar-refractivity contribution >= 4 is 29.3 Å². The predicted molar refractivity (Wildman–Crippen MR) is 105 cm³/mol. The zero-order chi connectivity index (χ0) is 21.6. The summed E-state index contributed by atoms with van der Waals surface area (Å²) in [5.74, 6) is -0.108. The van der Waals surface area contributed by atoms with E-state index < -0.39 is 23.5 Å². The van der Waals surface area contributed by atoms with Gasteiger partial charge in [0.2, 0.25) is 0 Å². The molecule has 2 aromatic heterocycles. The Hall–Kier alpha value is -2.33. The van der Waals surface area contributed by atoms with E-state index in [9.17, 15) is 23.1 Å². The Morgan fingerprint density at radius 1 is 1.41 bits per heavy atom. The molecule has 0 bridgehead atoms. The maximum absolute atomic E-state index is 13.4. The first-order valence-corrected chi connectivity index (χ1v) is 9.84. The third-order valence-corrected chi connectivity index (χ3v) is 5.97. The molecule has 29 heavy (non-hydrogen) atoms. The van der Waals surface area contributed by atoms with Crippen molar-refractivity contribution < 1.29 is 23.1 Å². The second-order valence-electron chi connectivity index (χ2n) is 7.58. The van der Waals surface area contributed by atoms with Gasteiger partial charge < -0.3 is 10.4 Å². The molecule has 2 aromatic rings. The van der Waals surface area contributed by atoms with Crippen LogP contribution >= 0.6 is 11.3 Å². The number of halogens is 3. The van der Waals surface area contributed by atoms with Crippen LogP contribution in [0.3, 0.4) is 0 Å². The molecule has 0 radical (unpaired) electrons. The fraction of sp³-hybridized carbons (Fsp3) is 0.474. The standard InChI is InChI=1S/C19H21F3N4O2S/c1-9-5-6-12-13(9)25-15(19(20,21)22)10(2)14(12)26-17(27)24-8-11-7-23-16(29-11)18(3,4)28/h7-9,28H,5-6H2,1-4H3,(H,25,26,27)/b24-8+/t9-/m0/s1. The number of hydrogen-bond donors (Lipinski definition) is 2. The van der Waals surface area contributed by atoms with Crippen molar-refractivity contribution in [3.05, 3.63) is 38.6 Å². The number of aliphatic imine (C=N–C) groups is 1. The van der Waals surface area contributed by atoms with Crippen LogP contribution in [0.15, 0.2) is 11.2 Å². The summed E-state index contributed by atoms with van der Waals surface area (Å²) in [6.45, 7) is 6.30. The average molecular weight is 426 g/mol. The smallest absolute Gasteiger partial charge is 0.383 e. The number of nitrogens with one attached hydrogen (secondary N) is 1. The fourth-order valence-electron chi connectivity index (χ4n) is 3.24. The maximum Gasteiger partial charge on any atom is 0.433 e. The molecule has 1 aliphatic rings. The van der Waals surface area contributed by atoms with Gasteiger partial charge in [-0.2, -0.15) is 13.2 Å². The molecule has 2 heterocycles. The molecule has 0 saturated carbocycles. The lowest BCUT2D eigenvalue weighted by Crippen LogP contribution is -2.18. The van der Waals surface area contributed by atoms with Gasteiger partial charge in [0, 0.05) is 17.5 Å². The van der Waals surface area contributed by atoms with Gasteiger partial charge >= 0.3 is 12.2 Å². The van der Waals surface area contributed by atoms with Gasteiger partial charge in [0.25, 0.3) is 0 Å². The Morgan fingerprint density at radius 2 is 2.10 bits per heavy atom. The van der Waals surface area contributed by atoms with E-state index in [2.05, 4.69) is 20.3 Å². The lowest BCUT2D eigenvalue weighted by molar-refractivity contribution is -0.141. The van der Waals surface area contributed by atoms with Crippen molar-refractivity contribution in [3.8, 4) is 0 Å². The van der Waals surface area contributed by atoms with Crippen LogP contribution in [0.2, 0.25) is 0 Å². The summed E-state index contributed by atoms with van der Waals surface area (Å²) in [5.41, 5.74) is -1.07. The molecule has 2 amide bonds. The number of urea groups is 1. The van der Waals surface area contributed by atoms with Crippen molar-refractivity contribution in [2.45, 2.75) is 58.2 Å². The molecule has 156 valence electrons. The first kappa shape index (κ1) is 21.4. The van der Waals surface area contributed by atoms with Crippen LogP contribution in [0, 0.1) is 6.92 Å². The fourth-order valence-corrected chi connectivity index (χ4v) is 4.03. The van der Waals surface area contributed by atoms with E-state index >= 15 is 0 Å². The van der Waals surface area contributed by atoms with E-state index in [1.165, 1.54) is 30.7 Å². The van der Waals surface area contributed by atoms with Crippen LogP contribution in [-0.4, -0.2) is 27.3 Å². The van der Waals surface area contributed by atoms with E-state index in [1.807, 2.05) is 6.92 Å². The second-order valence-corrected chi connectivity index (χ2v) is 8.64. The minimum absolute atomic E-state index is 0.108. The number of rotatable bonds is 3. The number of carbonyl (C=O) groups is 1. The number of thiazole rings is 1. The molecule has 1 aliphatic carbocycles. The van der Waals surface area contributed by atoms with E-state index in [-0.39, 0.29) is 17.2 Å². The van der Waals surface area contributed by atoms with Crippen molar-refractivity contribution in [2.75, 3.05) is 5.32 Å². The topological polar surface area (TPSA) is 87.5 Å². The number of fused-ring (bicyclic) bond motifs is 1. The summed E-state index contributed by atoms with van der Waals surface area (Å²) in [5, 5.41) is 12.9. The zero-order valence-electron chi connectivity index (χ0n) is 16.4. The molecule has 1 atom stereocenters. The van der Waals surface area contributed by atoms with Crippen LogP contribution < -0.4 is 5.32 Å². The number of alkyl halides is 3. The molecule has 0 aromatic carbocycles. The molecule has 10 heteroatoms. The number of aliphatic hydroxyl groups is 1. The minimum atomic E-state index is -4.61. The van der Waals surface area contributed by atoms with E-state index in [0.717, 1.165) is 0 Å². The number of hydrogen-bond acceptors (Lipinski definition) is 5. The van der Waals surface area contributed by atoms with Gasteiger partial charge in [-0.1, -0.05) is 6.92 Å². The molecule has 6 nitrogen and oxygen atoms in total. The number of nitrogens with zero attached hydrogens (tertiary/aromatic N) is 3. The number of carbonyl (C=O) groups excluding carboxylic acids is 1. The third-order valence-electron chi connectivity index (χ3n) is 4.72. The second kappa shape index (κ2) is 7.49. The zero-order valence-corrected chi connectivity index (χ0v) is 17.2. The molecule has 0 aliphatic heterocycles. The molecular formula is C19H21F3N4O2S. The Morgan fingerprint density at radius 3 is 2.69 bits per heavy atom. The molecule has 0 fully saturated rings. The summed E-state index contributed by atoms with van der Waals surface area (Å²) >= 11 is 1.17. The van der Waals surface area contributed by atoms with Gasteiger partial charge in [-0.3, -0.25) is 0 Å². The van der Waals surface area contributed by atoms with Gasteiger partial charge in [-0.25, -0.2) is 19.8 Å². The summed E-state index contributed by atoms with van der Waals surface area (Å²) in [6.07, 6.45) is -0.651. The average Bonchev–Trinajstić information content (AvgIpc) is 3.21. The van der Waals surface area contributed by atoms with Crippen LogP contribution in [0.4, 0.5) is 23.7 Å². The Bertz CT molecular complexity index is 977. The summed E-state index contributed by atoms with van der Waals surface area (Å²) in [4.78, 5) is 24.5. The van der Waals surface area contributed by atoms with Gasteiger partial charge in [0.15, 0.2) is 0 Å². The maximum atomic E-state index is 13.4. The summed E-state index contributed by atoms with van der Waals surface area (Å²) in [7, 11) is 0. The summed E-state index contributed by atoms with van der Waals surface area (Å²) < 4.78 is 40.2. The SMILES string of the molecule is Cc1c(C(F)(F)F)nc2c(c1NC(=O)/N=C/c1cnc(C(C)(C)O)s1)CC[C@@H]2C. The molecule has 0 unspecified atom stereocenters. The van der Waals surface area contributed by atoms with Crippen molar-refractivity contribution in [2.24, 2.45) is 4.99 Å². The van der Waals surface area contributed by atoms with Gasteiger partial charge in [-0.15, -0.1) is 11.3 Å². The Balaban J connectivity index is 1.88. The predicted octanol–water partition coefficient (Wildman–Crippen LogP) is 4.79. The number of pyridine rings is 1. The van der Waals surface area contributed by atoms with Crippen molar-refractivity contribution in [1.82, 2.24) is 9.97 Å². The van der Waals surface area contributed by atoms with Crippen molar-refractivity contribution in [3.63, 3.8) is 0 Å². The van der Waals surface area contributed by atoms with Crippen LogP contribution in [0.25, 0.3) is 0 Å². The van der Waals surface area contributed by atoms with E-state index in [4.69, 9.17) is 0 Å². The Labute approximate surface area is 169 Å². The first-order chi connectivity index (χ1) is 13.4. The lowest BCUT2D eigenvalue weighted by atomic mass is 10.0. The van der Waals surface area contributed by atoms with E-state index in [0.29, 0.717) is 34.0 Å². The van der Waals surface area contributed by atoms with Gasteiger partial charge in [0.1, 0.15) is 16.3 Å². The number of anilines is 1. The highest BCUT2D eigenvalue weighted by molar-refractivity contribution is 7.13.